The van der Waals surface area contributed by atoms with Crippen molar-refractivity contribution in [2.24, 2.45) is 0 Å². The van der Waals surface area contributed by atoms with Gasteiger partial charge in [-0.2, -0.15) is 0 Å². The summed E-state index contributed by atoms with van der Waals surface area (Å²) in [5, 5.41) is 7.43. The third-order valence-electron chi connectivity index (χ3n) is 4.15. The third kappa shape index (κ3) is 5.10. The number of hydrogen-bond donors (Lipinski definition) is 2. The van der Waals surface area contributed by atoms with Crippen molar-refractivity contribution in [3.8, 4) is 0 Å². The number of thiocarbonyl (C=S) groups is 1. The van der Waals surface area contributed by atoms with Crippen LogP contribution >= 0.6 is 24.0 Å². The molecule has 4 heteroatoms. The van der Waals surface area contributed by atoms with E-state index in [1.807, 2.05) is 12.1 Å². The second kappa shape index (κ2) is 9.41. The third-order valence-corrected chi connectivity index (χ3v) is 5.16. The Kier molecular flexibility index (Phi) is 6.69. The molecule has 3 aromatic carbocycles. The van der Waals surface area contributed by atoms with Crippen LogP contribution in [0.15, 0.2) is 89.8 Å². The first-order valence-corrected chi connectivity index (χ1v) is 10.2. The Morgan fingerprint density at radius 1 is 0.846 bits per heavy atom. The van der Waals surface area contributed by atoms with E-state index in [9.17, 15) is 0 Å². The summed E-state index contributed by atoms with van der Waals surface area (Å²) in [6.45, 7) is 0.705. The summed E-state index contributed by atoms with van der Waals surface area (Å²) in [5.41, 5.74) is 3.59. The van der Waals surface area contributed by atoms with E-state index in [0.717, 1.165) is 0 Å². The van der Waals surface area contributed by atoms with Gasteiger partial charge in [-0.25, -0.2) is 0 Å². The van der Waals surface area contributed by atoms with Crippen molar-refractivity contribution < 1.29 is 0 Å². The molecule has 2 N–H and O–H groups in total. The molecule has 0 bridgehead atoms. The zero-order chi connectivity index (χ0) is 18.2. The SMILES string of the molecule is CSc1ccc(CNC(=S)NC(c2ccccc2)c2ccccc2)cc1. The van der Waals surface area contributed by atoms with Gasteiger partial charge < -0.3 is 10.6 Å². The Morgan fingerprint density at radius 3 is 1.88 bits per heavy atom. The van der Waals surface area contributed by atoms with Crippen molar-refractivity contribution in [1.82, 2.24) is 10.6 Å². The Morgan fingerprint density at radius 2 is 1.38 bits per heavy atom. The van der Waals surface area contributed by atoms with Gasteiger partial charge in [0.15, 0.2) is 5.11 Å². The lowest BCUT2D eigenvalue weighted by Crippen LogP contribution is -2.37. The number of rotatable bonds is 6. The normalized spacial score (nSPS) is 10.5. The van der Waals surface area contributed by atoms with E-state index in [2.05, 4.69) is 89.7 Å². The standard InChI is InChI=1S/C22H22N2S2/c1-26-20-14-12-17(13-15-20)16-23-22(25)24-21(18-8-4-2-5-9-18)19-10-6-3-7-11-19/h2-15,21H,16H2,1H3,(H2,23,24,25). The van der Waals surface area contributed by atoms with Gasteiger partial charge in [0.25, 0.3) is 0 Å². The Hall–Kier alpha value is -2.30. The average molecular weight is 379 g/mol. The molecule has 2 nitrogen and oxygen atoms in total. The van der Waals surface area contributed by atoms with Crippen molar-refractivity contribution in [2.75, 3.05) is 6.26 Å². The summed E-state index contributed by atoms with van der Waals surface area (Å²) in [6, 6.07) is 29.3. The first kappa shape index (κ1) is 18.5. The van der Waals surface area contributed by atoms with Gasteiger partial charge in [-0.15, -0.1) is 11.8 Å². The van der Waals surface area contributed by atoms with Crippen LogP contribution in [0.5, 0.6) is 0 Å². The molecule has 3 rings (SSSR count). The highest BCUT2D eigenvalue weighted by atomic mass is 32.2. The number of hydrogen-bond acceptors (Lipinski definition) is 2. The van der Waals surface area contributed by atoms with Crippen LogP contribution in [-0.2, 0) is 6.54 Å². The summed E-state index contributed by atoms with van der Waals surface area (Å²) in [4.78, 5) is 1.27. The van der Waals surface area contributed by atoms with Crippen LogP contribution in [0.25, 0.3) is 0 Å². The predicted molar refractivity (Wildman–Crippen MR) is 116 cm³/mol. The zero-order valence-electron chi connectivity index (χ0n) is 14.7. The molecule has 0 aliphatic rings. The minimum Gasteiger partial charge on any atom is -0.359 e. The van der Waals surface area contributed by atoms with E-state index >= 15 is 0 Å². The summed E-state index contributed by atoms with van der Waals surface area (Å²) >= 11 is 7.30. The smallest absolute Gasteiger partial charge is 0.167 e. The molecule has 26 heavy (non-hydrogen) atoms. The van der Waals surface area contributed by atoms with Gasteiger partial charge in [-0.3, -0.25) is 0 Å². The van der Waals surface area contributed by atoms with Crippen molar-refractivity contribution in [1.29, 1.82) is 0 Å². The lowest BCUT2D eigenvalue weighted by molar-refractivity contribution is 0.735. The molecule has 0 heterocycles. The zero-order valence-corrected chi connectivity index (χ0v) is 16.3. The molecule has 3 aromatic rings. The topological polar surface area (TPSA) is 24.1 Å². The minimum absolute atomic E-state index is 0.0243. The van der Waals surface area contributed by atoms with E-state index in [-0.39, 0.29) is 6.04 Å². The van der Waals surface area contributed by atoms with Crippen LogP contribution in [0.1, 0.15) is 22.7 Å². The second-order valence-electron chi connectivity index (χ2n) is 5.93. The molecule has 132 valence electrons. The number of nitrogens with one attached hydrogen (secondary N) is 2. The highest BCUT2D eigenvalue weighted by Crippen LogP contribution is 2.21. The maximum absolute atomic E-state index is 5.55. The van der Waals surface area contributed by atoms with Gasteiger partial charge in [0.1, 0.15) is 0 Å². The van der Waals surface area contributed by atoms with E-state index in [1.54, 1.807) is 11.8 Å². The molecule has 0 fully saturated rings. The fourth-order valence-corrected chi connectivity index (χ4v) is 3.36. The molecule has 0 saturated heterocycles. The summed E-state index contributed by atoms with van der Waals surface area (Å²) in [5.74, 6) is 0. The monoisotopic (exact) mass is 378 g/mol. The lowest BCUT2D eigenvalue weighted by Gasteiger charge is -2.22. The largest absolute Gasteiger partial charge is 0.359 e. The Balaban J connectivity index is 1.67. The lowest BCUT2D eigenvalue weighted by atomic mass is 9.99. The number of thioether (sulfide) groups is 1. The van der Waals surface area contributed by atoms with Crippen LogP contribution < -0.4 is 10.6 Å². The minimum atomic E-state index is 0.0243. The second-order valence-corrected chi connectivity index (χ2v) is 7.22. The van der Waals surface area contributed by atoms with Crippen LogP contribution in [0.4, 0.5) is 0 Å². The molecule has 0 saturated carbocycles. The van der Waals surface area contributed by atoms with Gasteiger partial charge in [-0.1, -0.05) is 72.8 Å². The highest BCUT2D eigenvalue weighted by molar-refractivity contribution is 7.98. The maximum Gasteiger partial charge on any atom is 0.167 e. The first-order chi connectivity index (χ1) is 12.8. The van der Waals surface area contributed by atoms with Crippen LogP contribution in [0.3, 0.4) is 0 Å². The van der Waals surface area contributed by atoms with Gasteiger partial charge in [0.2, 0.25) is 0 Å². The fourth-order valence-electron chi connectivity index (χ4n) is 2.76. The molecule has 0 aliphatic carbocycles. The Labute approximate surface area is 165 Å². The molecule has 0 amide bonds. The van der Waals surface area contributed by atoms with Crippen LogP contribution in [0.2, 0.25) is 0 Å². The van der Waals surface area contributed by atoms with Crippen LogP contribution in [0, 0.1) is 0 Å². The predicted octanol–water partition coefficient (Wildman–Crippen LogP) is 5.16. The molecular weight excluding hydrogens is 356 g/mol. The molecule has 0 unspecified atom stereocenters. The van der Waals surface area contributed by atoms with Gasteiger partial charge >= 0.3 is 0 Å². The van der Waals surface area contributed by atoms with E-state index in [0.29, 0.717) is 11.7 Å². The van der Waals surface area contributed by atoms with E-state index in [1.165, 1.54) is 21.6 Å². The van der Waals surface area contributed by atoms with Gasteiger partial charge in [0, 0.05) is 11.4 Å². The van der Waals surface area contributed by atoms with Crippen LogP contribution in [-0.4, -0.2) is 11.4 Å². The summed E-state index contributed by atoms with van der Waals surface area (Å²) < 4.78 is 0. The average Bonchev–Trinajstić information content (AvgIpc) is 2.72. The molecule has 0 radical (unpaired) electrons. The van der Waals surface area contributed by atoms with E-state index < -0.39 is 0 Å². The molecule has 0 aliphatic heterocycles. The van der Waals surface area contributed by atoms with E-state index in [4.69, 9.17) is 12.2 Å². The van der Waals surface area contributed by atoms with Gasteiger partial charge in [0.05, 0.1) is 6.04 Å². The maximum atomic E-state index is 5.55. The summed E-state index contributed by atoms with van der Waals surface area (Å²) in [6.07, 6.45) is 2.08. The number of benzene rings is 3. The Bertz CT molecular complexity index is 778. The molecule has 0 atom stereocenters. The van der Waals surface area contributed by atoms with Crippen molar-refractivity contribution in [3.05, 3.63) is 102 Å². The quantitative estimate of drug-likeness (QED) is 0.457. The molecule has 0 spiro atoms. The summed E-state index contributed by atoms with van der Waals surface area (Å²) in [7, 11) is 0. The van der Waals surface area contributed by atoms with Crippen molar-refractivity contribution in [2.45, 2.75) is 17.5 Å². The van der Waals surface area contributed by atoms with Gasteiger partial charge in [-0.05, 0) is 47.3 Å². The fraction of sp³-hybridized carbons (Fsp3) is 0.136. The highest BCUT2D eigenvalue weighted by Gasteiger charge is 2.14. The molecular formula is C22H22N2S2. The van der Waals surface area contributed by atoms with Crippen molar-refractivity contribution in [3.63, 3.8) is 0 Å². The van der Waals surface area contributed by atoms with Crippen molar-refractivity contribution >= 4 is 29.1 Å². The molecule has 0 aromatic heterocycles. The first-order valence-electron chi connectivity index (χ1n) is 8.53.